The van der Waals surface area contributed by atoms with E-state index in [1.54, 1.807) is 0 Å². The number of likely N-dealkylation sites (N-methyl/N-ethyl adjacent to an activating group) is 1. The van der Waals surface area contributed by atoms with Crippen LogP contribution in [0.25, 0.3) is 0 Å². The number of carbonyl (C=O) groups excluding carboxylic acids is 1. The number of amides is 1. The Kier molecular flexibility index (Phi) is 10.8. The Labute approximate surface area is 176 Å². The van der Waals surface area contributed by atoms with Crippen molar-refractivity contribution >= 4 is 35.8 Å². The minimum absolute atomic E-state index is 0. The van der Waals surface area contributed by atoms with Crippen LogP contribution in [0, 0.1) is 5.92 Å². The number of hydrogen-bond acceptors (Lipinski definition) is 4. The molecule has 1 unspecified atom stereocenters. The second-order valence-corrected chi connectivity index (χ2v) is 7.57. The highest BCUT2D eigenvalue weighted by Gasteiger charge is 2.27. The molecular weight excluding hydrogens is 443 g/mol. The van der Waals surface area contributed by atoms with E-state index in [4.69, 9.17) is 0 Å². The lowest BCUT2D eigenvalue weighted by Crippen LogP contribution is -2.47. The van der Waals surface area contributed by atoms with E-state index in [1.807, 2.05) is 25.8 Å². The van der Waals surface area contributed by atoms with E-state index in [0.717, 1.165) is 51.6 Å². The average Bonchev–Trinajstić information content (AvgIpc) is 2.95. The molecule has 7 nitrogen and oxygen atoms in total. The highest BCUT2D eigenvalue weighted by Crippen LogP contribution is 2.12. The van der Waals surface area contributed by atoms with Gasteiger partial charge in [-0.1, -0.05) is 13.8 Å². The van der Waals surface area contributed by atoms with Gasteiger partial charge in [0.15, 0.2) is 5.96 Å². The number of nitrogens with zero attached hydrogens (tertiary/aromatic N) is 4. The molecule has 1 atom stereocenters. The van der Waals surface area contributed by atoms with E-state index < -0.39 is 0 Å². The summed E-state index contributed by atoms with van der Waals surface area (Å²) in [7, 11) is 4.00. The lowest BCUT2D eigenvalue weighted by atomic mass is 10.2. The van der Waals surface area contributed by atoms with Gasteiger partial charge < -0.3 is 25.3 Å². The van der Waals surface area contributed by atoms with Crippen LogP contribution in [0.3, 0.4) is 0 Å². The first-order valence-electron chi connectivity index (χ1n) is 9.66. The smallest absolute Gasteiger partial charge is 0.225 e. The Hall–Kier alpha value is -0.610. The molecule has 0 radical (unpaired) electrons. The average molecular weight is 480 g/mol. The fraction of sp³-hybridized carbons (Fsp3) is 0.889. The summed E-state index contributed by atoms with van der Waals surface area (Å²) in [5, 5.41) is 6.89. The quantitative estimate of drug-likeness (QED) is 0.344. The Bertz CT molecular complexity index is 459. The van der Waals surface area contributed by atoms with Crippen LogP contribution in [0.2, 0.25) is 0 Å². The highest BCUT2D eigenvalue weighted by atomic mass is 127. The molecule has 152 valence electrons. The summed E-state index contributed by atoms with van der Waals surface area (Å²) in [6, 6.07) is 0.292. The number of aliphatic imine (C=N–C) groups is 1. The summed E-state index contributed by atoms with van der Waals surface area (Å²) < 4.78 is 0. The first-order chi connectivity index (χ1) is 12.0. The van der Waals surface area contributed by atoms with Crippen LogP contribution in [0.1, 0.15) is 26.7 Å². The highest BCUT2D eigenvalue weighted by molar-refractivity contribution is 14.0. The number of hydrogen-bond donors (Lipinski definition) is 2. The third kappa shape index (κ3) is 7.56. The number of guanidine groups is 1. The van der Waals surface area contributed by atoms with E-state index in [2.05, 4.69) is 32.5 Å². The Balaban J connectivity index is 0.00000338. The van der Waals surface area contributed by atoms with Crippen LogP contribution in [0.5, 0.6) is 0 Å². The van der Waals surface area contributed by atoms with Crippen LogP contribution in [-0.4, -0.2) is 99.1 Å². The molecule has 0 aromatic rings. The minimum Gasteiger partial charge on any atom is -0.355 e. The van der Waals surface area contributed by atoms with Crippen molar-refractivity contribution in [3.63, 3.8) is 0 Å². The van der Waals surface area contributed by atoms with Crippen LogP contribution >= 0.6 is 24.0 Å². The topological polar surface area (TPSA) is 63.2 Å². The number of rotatable bonds is 5. The molecule has 26 heavy (non-hydrogen) atoms. The number of likely N-dealkylation sites (tertiary alicyclic amines) is 1. The van der Waals surface area contributed by atoms with Gasteiger partial charge in [-0.25, -0.2) is 0 Å². The molecule has 0 spiro atoms. The third-order valence-electron chi connectivity index (χ3n) is 5.09. The first-order valence-corrected chi connectivity index (χ1v) is 9.66. The monoisotopic (exact) mass is 480 g/mol. The fourth-order valence-electron chi connectivity index (χ4n) is 3.49. The van der Waals surface area contributed by atoms with Crippen molar-refractivity contribution < 1.29 is 4.79 Å². The minimum atomic E-state index is 0. The predicted molar refractivity (Wildman–Crippen MR) is 118 cm³/mol. The van der Waals surface area contributed by atoms with Gasteiger partial charge in [-0.15, -0.1) is 24.0 Å². The van der Waals surface area contributed by atoms with Gasteiger partial charge in [0.25, 0.3) is 0 Å². The van der Waals surface area contributed by atoms with Crippen molar-refractivity contribution in [3.8, 4) is 0 Å². The van der Waals surface area contributed by atoms with Gasteiger partial charge >= 0.3 is 0 Å². The molecule has 2 saturated heterocycles. The lowest BCUT2D eigenvalue weighted by Gasteiger charge is -2.22. The first kappa shape index (κ1) is 23.4. The molecular formula is C18H37IN6O. The Morgan fingerprint density at radius 2 is 1.96 bits per heavy atom. The maximum Gasteiger partial charge on any atom is 0.225 e. The number of nitrogens with one attached hydrogen (secondary N) is 2. The van der Waals surface area contributed by atoms with Crippen molar-refractivity contribution in [3.05, 3.63) is 0 Å². The van der Waals surface area contributed by atoms with Crippen LogP contribution in [-0.2, 0) is 4.79 Å². The Morgan fingerprint density at radius 1 is 1.19 bits per heavy atom. The zero-order valence-corrected chi connectivity index (χ0v) is 19.2. The number of halogens is 1. The summed E-state index contributed by atoms with van der Waals surface area (Å²) in [6.07, 6.45) is 2.23. The van der Waals surface area contributed by atoms with E-state index >= 15 is 0 Å². The van der Waals surface area contributed by atoms with Crippen molar-refractivity contribution in [2.75, 3.05) is 66.5 Å². The molecule has 0 saturated carbocycles. The lowest BCUT2D eigenvalue weighted by molar-refractivity contribution is -0.133. The summed E-state index contributed by atoms with van der Waals surface area (Å²) in [6.45, 7) is 12.1. The van der Waals surface area contributed by atoms with Gasteiger partial charge in [0, 0.05) is 58.3 Å². The van der Waals surface area contributed by atoms with Crippen LogP contribution < -0.4 is 10.6 Å². The van der Waals surface area contributed by atoms with Gasteiger partial charge in [0.2, 0.25) is 5.91 Å². The van der Waals surface area contributed by atoms with E-state index in [1.165, 1.54) is 19.5 Å². The summed E-state index contributed by atoms with van der Waals surface area (Å²) in [4.78, 5) is 23.3. The summed E-state index contributed by atoms with van der Waals surface area (Å²) in [5.41, 5.74) is 0. The van der Waals surface area contributed by atoms with Gasteiger partial charge in [0.05, 0.1) is 0 Å². The SMILES string of the molecule is CN=C(NCCN1CCCN(C)CC1)NC1CCN(C(=O)C(C)C)C1.I. The van der Waals surface area contributed by atoms with Crippen molar-refractivity contribution in [1.29, 1.82) is 0 Å². The zero-order valence-electron chi connectivity index (χ0n) is 16.8. The zero-order chi connectivity index (χ0) is 18.2. The van der Waals surface area contributed by atoms with E-state index in [-0.39, 0.29) is 35.8 Å². The molecule has 1 amide bonds. The molecule has 2 fully saturated rings. The maximum atomic E-state index is 12.1. The summed E-state index contributed by atoms with van der Waals surface area (Å²) in [5.74, 6) is 1.16. The molecule has 8 heteroatoms. The van der Waals surface area contributed by atoms with Crippen LogP contribution in [0.15, 0.2) is 4.99 Å². The molecule has 2 aliphatic rings. The van der Waals surface area contributed by atoms with Crippen molar-refractivity contribution in [2.24, 2.45) is 10.9 Å². The second kappa shape index (κ2) is 12.0. The molecule has 2 aliphatic heterocycles. The summed E-state index contributed by atoms with van der Waals surface area (Å²) >= 11 is 0. The molecule has 2 N–H and O–H groups in total. The predicted octanol–water partition coefficient (Wildman–Crippen LogP) is 0.664. The standard InChI is InChI=1S/C18H36N6O.HI/c1-15(2)17(25)24-10-6-16(14-24)21-18(19-3)20-7-11-23-9-5-8-22(4)12-13-23;/h15-16H,5-14H2,1-4H3,(H2,19,20,21);1H. The van der Waals surface area contributed by atoms with E-state index in [9.17, 15) is 4.79 Å². The van der Waals surface area contributed by atoms with Crippen molar-refractivity contribution in [2.45, 2.75) is 32.7 Å². The van der Waals surface area contributed by atoms with Gasteiger partial charge in [-0.3, -0.25) is 9.79 Å². The molecule has 2 heterocycles. The molecule has 0 aliphatic carbocycles. The second-order valence-electron chi connectivity index (χ2n) is 7.57. The number of carbonyl (C=O) groups is 1. The molecule has 0 bridgehead atoms. The molecule has 2 rings (SSSR count). The largest absolute Gasteiger partial charge is 0.355 e. The third-order valence-corrected chi connectivity index (χ3v) is 5.09. The van der Waals surface area contributed by atoms with Crippen LogP contribution in [0.4, 0.5) is 0 Å². The molecule has 0 aromatic heterocycles. The normalized spacial score (nSPS) is 22.9. The molecule has 0 aromatic carbocycles. The van der Waals surface area contributed by atoms with E-state index in [0.29, 0.717) is 6.04 Å². The van der Waals surface area contributed by atoms with Gasteiger partial charge in [-0.2, -0.15) is 0 Å². The maximum absolute atomic E-state index is 12.1. The Morgan fingerprint density at radius 3 is 2.65 bits per heavy atom. The van der Waals surface area contributed by atoms with Gasteiger partial charge in [-0.05, 0) is 33.0 Å². The fourth-order valence-corrected chi connectivity index (χ4v) is 3.49. The van der Waals surface area contributed by atoms with Crippen molar-refractivity contribution in [1.82, 2.24) is 25.3 Å². The van der Waals surface area contributed by atoms with Gasteiger partial charge in [0.1, 0.15) is 0 Å².